The van der Waals surface area contributed by atoms with E-state index < -0.39 is 5.54 Å². The molecule has 0 radical (unpaired) electrons. The fourth-order valence-corrected chi connectivity index (χ4v) is 3.06. The zero-order valence-electron chi connectivity index (χ0n) is 10.5. The molecule has 0 saturated heterocycles. The van der Waals surface area contributed by atoms with Gasteiger partial charge < -0.3 is 16.2 Å². The molecule has 0 aromatic carbocycles. The van der Waals surface area contributed by atoms with Crippen molar-refractivity contribution in [1.29, 1.82) is 0 Å². The van der Waals surface area contributed by atoms with Gasteiger partial charge in [-0.05, 0) is 38.0 Å². The molecule has 4 nitrogen and oxygen atoms in total. The average molecular weight is 240 g/mol. The van der Waals surface area contributed by atoms with Crippen molar-refractivity contribution in [2.45, 2.75) is 63.0 Å². The predicted octanol–water partition coefficient (Wildman–Crippen LogP) is 0.925. The highest BCUT2D eigenvalue weighted by atomic mass is 16.3. The molecule has 4 heteroatoms. The molecule has 2 atom stereocenters. The summed E-state index contributed by atoms with van der Waals surface area (Å²) in [5.74, 6) is 0.444. The standard InChI is InChI=1S/C13H24N2O2/c14-13(6-2-1-3-7-13)12(17)15-9-10-4-5-11(16)8-10/h10-11,16H,1-9,14H2,(H,15,17). The first kappa shape index (κ1) is 12.8. The molecule has 2 fully saturated rings. The molecular weight excluding hydrogens is 216 g/mol. The molecule has 2 aliphatic rings. The van der Waals surface area contributed by atoms with Crippen molar-refractivity contribution in [3.05, 3.63) is 0 Å². The number of carbonyl (C=O) groups is 1. The maximum atomic E-state index is 12.1. The summed E-state index contributed by atoms with van der Waals surface area (Å²) < 4.78 is 0. The number of hydrogen-bond acceptors (Lipinski definition) is 3. The number of hydrogen-bond donors (Lipinski definition) is 3. The highest BCUT2D eigenvalue weighted by Gasteiger charge is 2.35. The molecule has 0 bridgehead atoms. The second-order valence-corrected chi connectivity index (χ2v) is 5.76. The van der Waals surface area contributed by atoms with Crippen molar-refractivity contribution in [3.63, 3.8) is 0 Å². The molecule has 2 rings (SSSR count). The summed E-state index contributed by atoms with van der Waals surface area (Å²) in [5, 5.41) is 12.4. The highest BCUT2D eigenvalue weighted by molar-refractivity contribution is 5.86. The van der Waals surface area contributed by atoms with Crippen LogP contribution in [0, 0.1) is 5.92 Å². The fourth-order valence-electron chi connectivity index (χ4n) is 3.06. The van der Waals surface area contributed by atoms with Gasteiger partial charge in [0, 0.05) is 6.54 Å². The van der Waals surface area contributed by atoms with Gasteiger partial charge in [0.15, 0.2) is 0 Å². The Labute approximate surface area is 103 Å². The van der Waals surface area contributed by atoms with E-state index in [9.17, 15) is 9.90 Å². The van der Waals surface area contributed by atoms with Crippen LogP contribution in [0.2, 0.25) is 0 Å². The van der Waals surface area contributed by atoms with Gasteiger partial charge in [-0.1, -0.05) is 19.3 Å². The van der Waals surface area contributed by atoms with Crippen LogP contribution in [0.15, 0.2) is 0 Å². The zero-order chi connectivity index (χ0) is 12.3. The van der Waals surface area contributed by atoms with Gasteiger partial charge >= 0.3 is 0 Å². The third-order valence-corrected chi connectivity index (χ3v) is 4.26. The molecule has 4 N–H and O–H groups in total. The number of nitrogens with one attached hydrogen (secondary N) is 1. The van der Waals surface area contributed by atoms with Gasteiger partial charge in [-0.25, -0.2) is 0 Å². The smallest absolute Gasteiger partial charge is 0.240 e. The van der Waals surface area contributed by atoms with Crippen molar-refractivity contribution >= 4 is 5.91 Å². The van der Waals surface area contributed by atoms with Gasteiger partial charge in [0.25, 0.3) is 0 Å². The van der Waals surface area contributed by atoms with E-state index in [4.69, 9.17) is 5.73 Å². The monoisotopic (exact) mass is 240 g/mol. The Morgan fingerprint density at radius 2 is 2.00 bits per heavy atom. The lowest BCUT2D eigenvalue weighted by Crippen LogP contribution is -2.55. The maximum Gasteiger partial charge on any atom is 0.240 e. The number of nitrogens with two attached hydrogens (primary N) is 1. The summed E-state index contributed by atoms with van der Waals surface area (Å²) in [7, 11) is 0. The highest BCUT2D eigenvalue weighted by Crippen LogP contribution is 2.27. The molecular formula is C13H24N2O2. The van der Waals surface area contributed by atoms with E-state index in [1.54, 1.807) is 0 Å². The van der Waals surface area contributed by atoms with Gasteiger partial charge in [-0.3, -0.25) is 4.79 Å². The van der Waals surface area contributed by atoms with E-state index in [0.717, 1.165) is 44.9 Å². The van der Waals surface area contributed by atoms with Crippen LogP contribution >= 0.6 is 0 Å². The van der Waals surface area contributed by atoms with Crippen molar-refractivity contribution in [1.82, 2.24) is 5.32 Å². The van der Waals surface area contributed by atoms with E-state index >= 15 is 0 Å². The summed E-state index contributed by atoms with van der Waals surface area (Å²) in [4.78, 5) is 12.1. The summed E-state index contributed by atoms with van der Waals surface area (Å²) in [6, 6.07) is 0. The van der Waals surface area contributed by atoms with E-state index in [-0.39, 0.29) is 12.0 Å². The molecule has 1 amide bonds. The minimum absolute atomic E-state index is 0.0126. The van der Waals surface area contributed by atoms with Crippen LogP contribution in [0.1, 0.15) is 51.4 Å². The lowest BCUT2D eigenvalue weighted by Gasteiger charge is -2.32. The van der Waals surface area contributed by atoms with E-state index in [1.165, 1.54) is 6.42 Å². The second-order valence-electron chi connectivity index (χ2n) is 5.76. The lowest BCUT2D eigenvalue weighted by molar-refractivity contribution is -0.127. The predicted molar refractivity (Wildman–Crippen MR) is 66.4 cm³/mol. The average Bonchev–Trinajstić information content (AvgIpc) is 2.73. The Hall–Kier alpha value is -0.610. The molecule has 17 heavy (non-hydrogen) atoms. The van der Waals surface area contributed by atoms with Gasteiger partial charge in [0.2, 0.25) is 5.91 Å². The van der Waals surface area contributed by atoms with E-state index in [0.29, 0.717) is 12.5 Å². The number of amides is 1. The van der Waals surface area contributed by atoms with Crippen molar-refractivity contribution in [3.8, 4) is 0 Å². The largest absolute Gasteiger partial charge is 0.393 e. The Morgan fingerprint density at radius 3 is 2.59 bits per heavy atom. The Kier molecular flexibility index (Phi) is 4.05. The molecule has 2 saturated carbocycles. The molecule has 0 aromatic heterocycles. The van der Waals surface area contributed by atoms with Gasteiger partial charge in [-0.2, -0.15) is 0 Å². The fraction of sp³-hybridized carbons (Fsp3) is 0.923. The molecule has 2 aliphatic carbocycles. The van der Waals surface area contributed by atoms with Crippen molar-refractivity contribution in [2.75, 3.05) is 6.54 Å². The topological polar surface area (TPSA) is 75.4 Å². The minimum atomic E-state index is -0.629. The summed E-state index contributed by atoms with van der Waals surface area (Å²) >= 11 is 0. The normalized spacial score (nSPS) is 32.4. The SMILES string of the molecule is NC1(C(=O)NCC2CCC(O)C2)CCCCC1. The number of rotatable bonds is 3. The van der Waals surface area contributed by atoms with Crippen molar-refractivity contribution in [2.24, 2.45) is 11.7 Å². The Morgan fingerprint density at radius 1 is 1.29 bits per heavy atom. The third-order valence-electron chi connectivity index (χ3n) is 4.26. The minimum Gasteiger partial charge on any atom is -0.393 e. The van der Waals surface area contributed by atoms with E-state index in [1.807, 2.05) is 0 Å². The Balaban J connectivity index is 1.76. The van der Waals surface area contributed by atoms with Crippen LogP contribution in [-0.2, 0) is 4.79 Å². The van der Waals surface area contributed by atoms with Gasteiger partial charge in [-0.15, -0.1) is 0 Å². The van der Waals surface area contributed by atoms with Crippen LogP contribution in [0.25, 0.3) is 0 Å². The molecule has 0 aromatic rings. The first-order valence-corrected chi connectivity index (χ1v) is 6.85. The van der Waals surface area contributed by atoms with Crippen molar-refractivity contribution < 1.29 is 9.90 Å². The first-order valence-electron chi connectivity index (χ1n) is 6.85. The number of carbonyl (C=O) groups excluding carboxylic acids is 1. The molecule has 0 aliphatic heterocycles. The van der Waals surface area contributed by atoms with Crippen LogP contribution in [0.5, 0.6) is 0 Å². The summed E-state index contributed by atoms with van der Waals surface area (Å²) in [6.07, 6.45) is 7.47. The van der Waals surface area contributed by atoms with Gasteiger partial charge in [0.05, 0.1) is 11.6 Å². The van der Waals surface area contributed by atoms with Crippen LogP contribution in [0.3, 0.4) is 0 Å². The third kappa shape index (κ3) is 3.19. The second kappa shape index (κ2) is 5.36. The Bertz CT molecular complexity index is 275. The quantitative estimate of drug-likeness (QED) is 0.687. The number of aliphatic hydroxyl groups is 1. The molecule has 0 heterocycles. The van der Waals surface area contributed by atoms with Crippen LogP contribution in [0.4, 0.5) is 0 Å². The molecule has 2 unspecified atom stereocenters. The van der Waals surface area contributed by atoms with Crippen LogP contribution in [-0.4, -0.2) is 29.2 Å². The molecule has 98 valence electrons. The summed E-state index contributed by atoms with van der Waals surface area (Å²) in [5.41, 5.74) is 5.52. The number of aliphatic hydroxyl groups excluding tert-OH is 1. The van der Waals surface area contributed by atoms with E-state index in [2.05, 4.69) is 5.32 Å². The maximum absolute atomic E-state index is 12.1. The molecule has 0 spiro atoms. The van der Waals surface area contributed by atoms with Gasteiger partial charge in [0.1, 0.15) is 0 Å². The summed E-state index contributed by atoms with van der Waals surface area (Å²) in [6.45, 7) is 0.675. The zero-order valence-corrected chi connectivity index (χ0v) is 10.5. The first-order chi connectivity index (χ1) is 8.10. The van der Waals surface area contributed by atoms with Crippen LogP contribution < -0.4 is 11.1 Å². The lowest BCUT2D eigenvalue weighted by atomic mass is 9.82.